The zero-order chi connectivity index (χ0) is 35.2. The molecule has 274 valence electrons. The van der Waals surface area contributed by atoms with E-state index in [1.807, 2.05) is 0 Å². The summed E-state index contributed by atoms with van der Waals surface area (Å²) in [5, 5.41) is 99.2. The summed E-state index contributed by atoms with van der Waals surface area (Å²) < 4.78 is 22.8. The highest BCUT2D eigenvalue weighted by molar-refractivity contribution is 5.81. The van der Waals surface area contributed by atoms with E-state index >= 15 is 0 Å². The first kappa shape index (κ1) is 39.7. The Morgan fingerprint density at radius 1 is 0.702 bits per heavy atom. The molecule has 19 N–H and O–H groups in total. The second-order valence-corrected chi connectivity index (χ2v) is 11.9. The molecule has 0 aromatic rings. The minimum Gasteiger partial charge on any atom is -0.394 e. The molecule has 0 aromatic carbocycles. The molecule has 1 saturated carbocycles. The molecule has 2 aliphatic heterocycles. The highest BCUT2D eigenvalue weighted by Gasteiger charge is 2.53. The number of aliphatic hydroxyl groups excluding tert-OH is 9. The highest BCUT2D eigenvalue weighted by atomic mass is 16.7. The molecule has 4 unspecified atom stereocenters. The van der Waals surface area contributed by atoms with Gasteiger partial charge in [-0.25, -0.2) is 0 Å². The van der Waals surface area contributed by atoms with Gasteiger partial charge in [0.25, 0.3) is 0 Å². The Labute approximate surface area is 269 Å². The van der Waals surface area contributed by atoms with E-state index in [0.717, 1.165) is 0 Å². The monoisotopic (exact) mass is 686 g/mol. The Morgan fingerprint density at radius 2 is 1.17 bits per heavy atom. The van der Waals surface area contributed by atoms with Crippen molar-refractivity contribution in [2.24, 2.45) is 22.9 Å². The van der Waals surface area contributed by atoms with Gasteiger partial charge in [0, 0.05) is 6.54 Å². The molecule has 0 radical (unpaired) electrons. The molecule has 0 aromatic heterocycles. The third-order valence-corrected chi connectivity index (χ3v) is 8.54. The van der Waals surface area contributed by atoms with Crippen LogP contribution >= 0.6 is 0 Å². The maximum atomic E-state index is 12.9. The zero-order valence-corrected chi connectivity index (χ0v) is 25.5. The van der Waals surface area contributed by atoms with Gasteiger partial charge < -0.3 is 98.5 Å². The number of hydrogen-bond donors (Lipinski definition) is 15. The molecule has 47 heavy (non-hydrogen) atoms. The van der Waals surface area contributed by atoms with Crippen LogP contribution in [0.4, 0.5) is 0 Å². The fourth-order valence-electron chi connectivity index (χ4n) is 5.74. The first-order valence-corrected chi connectivity index (χ1v) is 15.3. The van der Waals surface area contributed by atoms with E-state index in [0.29, 0.717) is 0 Å². The molecule has 3 aliphatic rings. The number of rotatable bonds is 14. The topological polar surface area (TPSA) is 381 Å². The summed E-state index contributed by atoms with van der Waals surface area (Å²) in [6.45, 7) is -1.18. The molecular formula is C26H50N6O15. The van der Waals surface area contributed by atoms with Gasteiger partial charge in [0.15, 0.2) is 12.6 Å². The number of nitrogens with one attached hydrogen (secondary N) is 2. The molecule has 1 aliphatic carbocycles. The molecule has 3 fully saturated rings. The van der Waals surface area contributed by atoms with Gasteiger partial charge in [-0.05, 0) is 32.4 Å². The summed E-state index contributed by atoms with van der Waals surface area (Å²) in [5.74, 6) is -1.90. The van der Waals surface area contributed by atoms with E-state index in [9.17, 15) is 55.5 Å². The SMILES string of the molecule is NCC[C@H](O)C(=O)N[C@H]1C[C@@H](NC(=O)[C@@H](O)CCN)[C@H](O[C@H]2OC(CO)[C@@H](O)[C@@H](N)C2O)[C@@H](O)[C@@H]1O[C@@H]1OC(CN)[C@@H](O)[C@@H](O)C1O. The van der Waals surface area contributed by atoms with Crippen molar-refractivity contribution in [3.05, 3.63) is 0 Å². The van der Waals surface area contributed by atoms with Crippen LogP contribution in [0.25, 0.3) is 0 Å². The molecule has 0 bridgehead atoms. The fourth-order valence-corrected chi connectivity index (χ4v) is 5.74. The van der Waals surface area contributed by atoms with Gasteiger partial charge >= 0.3 is 0 Å². The van der Waals surface area contributed by atoms with Crippen molar-refractivity contribution in [1.82, 2.24) is 10.6 Å². The van der Waals surface area contributed by atoms with Gasteiger partial charge in [0.2, 0.25) is 11.8 Å². The van der Waals surface area contributed by atoms with Crippen molar-refractivity contribution in [3.8, 4) is 0 Å². The van der Waals surface area contributed by atoms with Crippen LogP contribution in [0.3, 0.4) is 0 Å². The van der Waals surface area contributed by atoms with E-state index in [4.69, 9.17) is 41.9 Å². The normalized spacial score (nSPS) is 42.4. The number of nitrogens with two attached hydrogens (primary N) is 4. The van der Waals surface area contributed by atoms with Crippen molar-refractivity contribution in [1.29, 1.82) is 0 Å². The number of aliphatic hydroxyl groups is 9. The van der Waals surface area contributed by atoms with Crippen LogP contribution in [0.1, 0.15) is 19.3 Å². The number of hydrogen-bond acceptors (Lipinski definition) is 19. The number of amides is 2. The van der Waals surface area contributed by atoms with Gasteiger partial charge in [0.05, 0.1) is 24.7 Å². The second kappa shape index (κ2) is 17.8. The predicted octanol–water partition coefficient (Wildman–Crippen LogP) is -9.56. The van der Waals surface area contributed by atoms with Crippen molar-refractivity contribution >= 4 is 11.8 Å². The average molecular weight is 687 g/mol. The highest BCUT2D eigenvalue weighted by Crippen LogP contribution is 2.33. The van der Waals surface area contributed by atoms with Gasteiger partial charge in [-0.2, -0.15) is 0 Å². The van der Waals surface area contributed by atoms with Crippen LogP contribution < -0.4 is 33.6 Å². The third-order valence-electron chi connectivity index (χ3n) is 8.54. The number of ether oxygens (including phenoxy) is 4. The lowest BCUT2D eigenvalue weighted by Gasteiger charge is -2.49. The standard InChI is InChI=1S/C26H50N6O15/c27-3-1-10(34)23(42)31-8-5-9(32-24(43)11(35)2-4-28)22(47-26-19(40)18(39)16(37)12(6-29)44-26)20(41)21(8)46-25-17(38)14(30)15(36)13(7-33)45-25/h8-22,25-26,33-41H,1-7,27-30H2,(H,31,42)(H,32,43)/t8-,9+,10+,11+,12?,13?,14-,15-,16-,17?,18-,19?,20-,21+,22-,25-,26+/m1/s1. The fraction of sp³-hybridized carbons (Fsp3) is 0.923. The van der Waals surface area contributed by atoms with Crippen LogP contribution in [0, 0.1) is 0 Å². The zero-order valence-electron chi connectivity index (χ0n) is 25.5. The van der Waals surface area contributed by atoms with Crippen molar-refractivity contribution in [2.45, 2.75) is 123 Å². The van der Waals surface area contributed by atoms with Crippen molar-refractivity contribution in [2.75, 3.05) is 26.2 Å². The Bertz CT molecular complexity index is 928. The quantitative estimate of drug-likeness (QED) is 0.0806. The molecule has 2 heterocycles. The van der Waals surface area contributed by atoms with Crippen LogP contribution in [-0.2, 0) is 28.5 Å². The summed E-state index contributed by atoms with van der Waals surface area (Å²) >= 11 is 0. The molecule has 17 atom stereocenters. The third kappa shape index (κ3) is 9.29. The maximum Gasteiger partial charge on any atom is 0.249 e. The molecule has 0 spiro atoms. The summed E-state index contributed by atoms with van der Waals surface area (Å²) in [7, 11) is 0. The van der Waals surface area contributed by atoms with E-state index in [2.05, 4.69) is 10.6 Å². The van der Waals surface area contributed by atoms with Crippen LogP contribution in [0.2, 0.25) is 0 Å². The minimum atomic E-state index is -1.93. The van der Waals surface area contributed by atoms with Crippen molar-refractivity contribution in [3.63, 3.8) is 0 Å². The summed E-state index contributed by atoms with van der Waals surface area (Å²) in [4.78, 5) is 25.8. The molecular weight excluding hydrogens is 636 g/mol. The lowest BCUT2D eigenvalue weighted by Crippen LogP contribution is -2.70. The molecule has 21 nitrogen and oxygen atoms in total. The van der Waals surface area contributed by atoms with Crippen molar-refractivity contribution < 1.29 is 74.5 Å². The Hall–Kier alpha value is -1.74. The summed E-state index contributed by atoms with van der Waals surface area (Å²) in [6, 6.07) is -4.01. The van der Waals surface area contributed by atoms with E-state index in [1.54, 1.807) is 0 Å². The minimum absolute atomic E-state index is 0.0611. The Kier molecular flexibility index (Phi) is 15.0. The van der Waals surface area contributed by atoms with Crippen LogP contribution in [0.15, 0.2) is 0 Å². The summed E-state index contributed by atoms with van der Waals surface area (Å²) in [5.41, 5.74) is 22.4. The van der Waals surface area contributed by atoms with E-state index in [1.165, 1.54) is 0 Å². The number of carbonyl (C=O) groups is 2. The first-order valence-electron chi connectivity index (χ1n) is 15.3. The lowest BCUT2D eigenvalue weighted by atomic mass is 9.82. The van der Waals surface area contributed by atoms with Gasteiger partial charge in [-0.1, -0.05) is 0 Å². The van der Waals surface area contributed by atoms with Gasteiger partial charge in [-0.3, -0.25) is 9.59 Å². The van der Waals surface area contributed by atoms with Gasteiger partial charge in [-0.15, -0.1) is 0 Å². The predicted molar refractivity (Wildman–Crippen MR) is 155 cm³/mol. The maximum absolute atomic E-state index is 12.9. The van der Waals surface area contributed by atoms with Crippen LogP contribution in [-0.4, -0.2) is 188 Å². The average Bonchev–Trinajstić information content (AvgIpc) is 3.04. The molecule has 21 heteroatoms. The molecule has 2 saturated heterocycles. The van der Waals surface area contributed by atoms with Crippen LogP contribution in [0.5, 0.6) is 0 Å². The largest absolute Gasteiger partial charge is 0.394 e. The van der Waals surface area contributed by atoms with E-state index < -0.39 is 122 Å². The first-order chi connectivity index (χ1) is 22.2. The molecule has 3 rings (SSSR count). The molecule has 2 amide bonds. The second-order valence-electron chi connectivity index (χ2n) is 11.9. The van der Waals surface area contributed by atoms with Gasteiger partial charge in [0.1, 0.15) is 73.2 Å². The summed E-state index contributed by atoms with van der Waals surface area (Å²) in [6.07, 6.45) is -23.6. The smallest absolute Gasteiger partial charge is 0.249 e. The Morgan fingerprint density at radius 3 is 1.62 bits per heavy atom. The Balaban J connectivity index is 2.00. The number of carbonyl (C=O) groups excluding carboxylic acids is 2. The lowest BCUT2D eigenvalue weighted by molar-refractivity contribution is -0.333. The van der Waals surface area contributed by atoms with E-state index in [-0.39, 0.29) is 38.9 Å².